The number of rotatable bonds is 3. The number of hydrazone groups is 1. The molecule has 0 aromatic heterocycles. The third kappa shape index (κ3) is 2.87. The number of hydrogen-bond donors (Lipinski definition) is 0. The van der Waals surface area contributed by atoms with Crippen LogP contribution in [0.2, 0.25) is 5.02 Å². The Labute approximate surface area is 164 Å². The van der Waals surface area contributed by atoms with E-state index in [2.05, 4.69) is 54.4 Å². The molecule has 0 N–H and O–H groups in total. The minimum Gasteiger partial charge on any atom is -0.469 e. The first-order valence-corrected chi connectivity index (χ1v) is 9.92. The Hall–Kier alpha value is -2.52. The van der Waals surface area contributed by atoms with E-state index in [-0.39, 0.29) is 12.3 Å². The van der Waals surface area contributed by atoms with Gasteiger partial charge in [0.25, 0.3) is 0 Å². The van der Waals surface area contributed by atoms with E-state index in [1.165, 1.54) is 16.3 Å². The van der Waals surface area contributed by atoms with Crippen LogP contribution in [0.15, 0.2) is 65.8 Å². The van der Waals surface area contributed by atoms with Gasteiger partial charge < -0.3 is 4.74 Å². The summed E-state index contributed by atoms with van der Waals surface area (Å²) in [5.41, 5.74) is 3.43. The second-order valence-corrected chi connectivity index (χ2v) is 7.69. The molecule has 0 radical (unpaired) electrons. The van der Waals surface area contributed by atoms with E-state index in [0.29, 0.717) is 0 Å². The van der Waals surface area contributed by atoms with Crippen LogP contribution in [0.4, 0.5) is 0 Å². The van der Waals surface area contributed by atoms with Crippen LogP contribution in [-0.2, 0) is 0 Å². The Kier molecular flexibility index (Phi) is 4.05. The smallest absolute Gasteiger partial charge is 0.187 e. The molecule has 0 aliphatic carbocycles. The van der Waals surface area contributed by atoms with Crippen molar-refractivity contribution >= 4 is 28.1 Å². The van der Waals surface area contributed by atoms with Crippen molar-refractivity contribution in [2.75, 3.05) is 0 Å². The van der Waals surface area contributed by atoms with Gasteiger partial charge in [-0.2, -0.15) is 5.10 Å². The minimum atomic E-state index is -0.0216. The van der Waals surface area contributed by atoms with Crippen molar-refractivity contribution < 1.29 is 4.74 Å². The highest BCUT2D eigenvalue weighted by Crippen LogP contribution is 2.44. The van der Waals surface area contributed by atoms with Crippen LogP contribution in [0.5, 0.6) is 5.75 Å². The lowest BCUT2D eigenvalue weighted by Crippen LogP contribution is -2.40. The Morgan fingerprint density at radius 3 is 2.78 bits per heavy atom. The molecule has 2 aliphatic rings. The Balaban J connectivity index is 1.55. The highest BCUT2D eigenvalue weighted by Gasteiger charge is 2.39. The average Bonchev–Trinajstić information content (AvgIpc) is 3.14. The van der Waals surface area contributed by atoms with Gasteiger partial charge in [0.15, 0.2) is 6.23 Å². The molecule has 0 saturated heterocycles. The molecule has 2 aliphatic heterocycles. The Bertz CT molecular complexity index is 1050. The molecule has 0 amide bonds. The fraction of sp³-hybridized carbons (Fsp3) is 0.261. The zero-order chi connectivity index (χ0) is 18.4. The second kappa shape index (κ2) is 6.58. The van der Waals surface area contributed by atoms with Gasteiger partial charge >= 0.3 is 0 Å². The topological polar surface area (TPSA) is 24.8 Å². The summed E-state index contributed by atoms with van der Waals surface area (Å²) in [4.78, 5) is 0. The normalized spacial score (nSPS) is 20.8. The van der Waals surface area contributed by atoms with Crippen molar-refractivity contribution in [3.8, 4) is 5.75 Å². The summed E-state index contributed by atoms with van der Waals surface area (Å²) in [5, 5.41) is 10.4. The largest absolute Gasteiger partial charge is 0.469 e. The van der Waals surface area contributed by atoms with E-state index >= 15 is 0 Å². The minimum absolute atomic E-state index is 0.0216. The molecule has 2 atom stereocenters. The first-order valence-electron chi connectivity index (χ1n) is 9.54. The van der Waals surface area contributed by atoms with Crippen molar-refractivity contribution in [2.24, 2.45) is 5.10 Å². The maximum absolute atomic E-state index is 6.27. The molecular formula is C23H21ClN2O. The van der Waals surface area contributed by atoms with Crippen molar-refractivity contribution in [1.29, 1.82) is 0 Å². The highest BCUT2D eigenvalue weighted by atomic mass is 35.5. The Morgan fingerprint density at radius 2 is 1.93 bits per heavy atom. The predicted molar refractivity (Wildman–Crippen MR) is 110 cm³/mol. The van der Waals surface area contributed by atoms with Gasteiger partial charge in [0, 0.05) is 23.4 Å². The van der Waals surface area contributed by atoms with Crippen LogP contribution in [0.25, 0.3) is 10.8 Å². The van der Waals surface area contributed by atoms with Gasteiger partial charge in [0.05, 0.1) is 11.8 Å². The highest BCUT2D eigenvalue weighted by molar-refractivity contribution is 6.30. The standard InChI is InChI=1S/C23H21ClN2O/c1-2-5-23-26-21(19-13-18(24)10-11-22(19)27-23)14-20(25-26)17-9-8-15-6-3-4-7-16(15)12-17/h3-4,6-13,21,23H,2,5,14H2,1H3/t21-,23-/m0/s1. The molecule has 3 aromatic carbocycles. The summed E-state index contributed by atoms with van der Waals surface area (Å²) in [7, 11) is 0. The van der Waals surface area contributed by atoms with Crippen molar-refractivity contribution in [3.05, 3.63) is 76.8 Å². The zero-order valence-electron chi connectivity index (χ0n) is 15.2. The zero-order valence-corrected chi connectivity index (χ0v) is 16.0. The monoisotopic (exact) mass is 376 g/mol. The molecule has 5 rings (SSSR count). The summed E-state index contributed by atoms with van der Waals surface area (Å²) in [6, 6.07) is 21.1. The number of fused-ring (bicyclic) bond motifs is 4. The summed E-state index contributed by atoms with van der Waals surface area (Å²) in [6.45, 7) is 2.18. The van der Waals surface area contributed by atoms with Gasteiger partial charge in [0.1, 0.15) is 5.75 Å². The fourth-order valence-electron chi connectivity index (χ4n) is 4.11. The predicted octanol–water partition coefficient (Wildman–Crippen LogP) is 6.16. The molecule has 136 valence electrons. The molecule has 3 aromatic rings. The van der Waals surface area contributed by atoms with Gasteiger partial charge in [-0.05, 0) is 40.6 Å². The first-order chi connectivity index (χ1) is 13.2. The fourth-order valence-corrected chi connectivity index (χ4v) is 4.29. The molecule has 0 unspecified atom stereocenters. The number of hydrogen-bond acceptors (Lipinski definition) is 3. The lowest BCUT2D eigenvalue weighted by Gasteiger charge is -2.38. The molecule has 0 fully saturated rings. The van der Waals surface area contributed by atoms with Crippen LogP contribution >= 0.6 is 11.6 Å². The summed E-state index contributed by atoms with van der Waals surface area (Å²) in [6.07, 6.45) is 2.85. The van der Waals surface area contributed by atoms with Gasteiger partial charge in [-0.1, -0.05) is 61.3 Å². The molecule has 0 bridgehead atoms. The maximum atomic E-state index is 6.27. The van der Waals surface area contributed by atoms with E-state index in [4.69, 9.17) is 21.4 Å². The Morgan fingerprint density at radius 1 is 1.07 bits per heavy atom. The van der Waals surface area contributed by atoms with E-state index in [9.17, 15) is 0 Å². The molecule has 0 saturated carbocycles. The van der Waals surface area contributed by atoms with Gasteiger partial charge in [-0.25, -0.2) is 0 Å². The van der Waals surface area contributed by atoms with Crippen molar-refractivity contribution in [2.45, 2.75) is 38.5 Å². The number of nitrogens with zero attached hydrogens (tertiary/aromatic N) is 2. The van der Waals surface area contributed by atoms with Crippen LogP contribution in [0.1, 0.15) is 43.4 Å². The van der Waals surface area contributed by atoms with Crippen LogP contribution in [-0.4, -0.2) is 16.9 Å². The number of halogens is 1. The third-order valence-corrected chi connectivity index (χ3v) is 5.68. The van der Waals surface area contributed by atoms with E-state index in [0.717, 1.165) is 41.3 Å². The van der Waals surface area contributed by atoms with Gasteiger partial charge in [-0.15, -0.1) is 0 Å². The summed E-state index contributed by atoms with van der Waals surface area (Å²) >= 11 is 6.27. The molecule has 0 spiro atoms. The maximum Gasteiger partial charge on any atom is 0.187 e. The van der Waals surface area contributed by atoms with Crippen LogP contribution < -0.4 is 4.74 Å². The molecule has 27 heavy (non-hydrogen) atoms. The van der Waals surface area contributed by atoms with Gasteiger partial charge in [-0.3, -0.25) is 5.01 Å². The molecule has 4 heteroatoms. The number of ether oxygens (including phenoxy) is 1. The van der Waals surface area contributed by atoms with Crippen LogP contribution in [0, 0.1) is 0 Å². The first kappa shape index (κ1) is 16.6. The van der Waals surface area contributed by atoms with Crippen molar-refractivity contribution in [3.63, 3.8) is 0 Å². The lowest BCUT2D eigenvalue weighted by molar-refractivity contribution is -0.0223. The summed E-state index contributed by atoms with van der Waals surface area (Å²) < 4.78 is 6.26. The molecular weight excluding hydrogens is 356 g/mol. The average molecular weight is 377 g/mol. The SMILES string of the molecule is CCC[C@@H]1Oc2ccc(Cl)cc2[C@@H]2CC(c3ccc4ccccc4c3)=NN12. The van der Waals surface area contributed by atoms with E-state index < -0.39 is 0 Å². The quantitative estimate of drug-likeness (QED) is 0.546. The van der Waals surface area contributed by atoms with Crippen LogP contribution in [0.3, 0.4) is 0 Å². The lowest BCUT2D eigenvalue weighted by atomic mass is 9.95. The molecule has 2 heterocycles. The summed E-state index contributed by atoms with van der Waals surface area (Å²) in [5.74, 6) is 0.939. The third-order valence-electron chi connectivity index (χ3n) is 5.45. The van der Waals surface area contributed by atoms with E-state index in [1.807, 2.05) is 18.2 Å². The van der Waals surface area contributed by atoms with Crippen molar-refractivity contribution in [1.82, 2.24) is 5.01 Å². The molecule has 3 nitrogen and oxygen atoms in total. The second-order valence-electron chi connectivity index (χ2n) is 7.25. The van der Waals surface area contributed by atoms with E-state index in [1.54, 1.807) is 0 Å². The number of benzene rings is 3. The van der Waals surface area contributed by atoms with Gasteiger partial charge in [0.2, 0.25) is 0 Å².